The zero-order valence-corrected chi connectivity index (χ0v) is 51.4. The minimum atomic E-state index is -5.09. The lowest BCUT2D eigenvalue weighted by Crippen LogP contribution is -2.38. The number of amides is 5. The molecule has 4 unspecified atom stereocenters. The van der Waals surface area contributed by atoms with Crippen LogP contribution in [0.3, 0.4) is 0 Å². The second-order valence-corrected chi connectivity index (χ2v) is 27.1. The molecule has 0 fully saturated rings. The van der Waals surface area contributed by atoms with E-state index < -0.39 is 104 Å². The summed E-state index contributed by atoms with van der Waals surface area (Å²) in [6, 6.07) is 16.5. The van der Waals surface area contributed by atoms with Gasteiger partial charge in [0.1, 0.15) is 16.9 Å². The van der Waals surface area contributed by atoms with Crippen molar-refractivity contribution in [3.63, 3.8) is 0 Å². The summed E-state index contributed by atoms with van der Waals surface area (Å²) in [6.07, 6.45) is -1.27. The molecule has 30 heteroatoms. The molecule has 6 N–H and O–H groups in total. The number of carbonyl (C=O) groups excluding carboxylic acids is 5. The molecule has 6 rings (SSSR count). The molecule has 0 saturated heterocycles. The molecule has 0 aliphatic heterocycles. The number of nitrogens with one attached hydrogen (secondary N) is 5. The molecule has 4 aromatic carbocycles. The Bertz CT molecular complexity index is 3470. The minimum absolute atomic E-state index is 0. The van der Waals surface area contributed by atoms with Gasteiger partial charge in [-0.05, 0) is 151 Å². The van der Waals surface area contributed by atoms with Crippen molar-refractivity contribution in [3.05, 3.63) is 152 Å². The third kappa shape index (κ3) is 23.7. The highest BCUT2D eigenvalue weighted by Gasteiger charge is 2.41. The first-order chi connectivity index (χ1) is 39.7. The summed E-state index contributed by atoms with van der Waals surface area (Å²) in [5.41, 5.74) is -1.97. The maximum atomic E-state index is 13.8. The molecule has 2 aromatic heterocycles. The monoisotopic (exact) mass is 1330 g/mol. The van der Waals surface area contributed by atoms with Crippen LogP contribution in [0.25, 0.3) is 32.3 Å². The quantitative estimate of drug-likeness (QED) is 0.0224. The van der Waals surface area contributed by atoms with Crippen LogP contribution in [-0.4, -0.2) is 106 Å². The zero-order chi connectivity index (χ0) is 63.5. The fraction of sp³-hybridized carbons (Fsp3) is 0.339. The van der Waals surface area contributed by atoms with Crippen molar-refractivity contribution >= 4 is 123 Å². The Morgan fingerprint density at radius 2 is 1.05 bits per heavy atom. The van der Waals surface area contributed by atoms with Crippen molar-refractivity contribution in [3.8, 4) is 0 Å². The fourth-order valence-corrected chi connectivity index (χ4v) is 13.4. The summed E-state index contributed by atoms with van der Waals surface area (Å²) >= 11 is 14.9. The Kier molecular flexibility index (Phi) is 29.0. The van der Waals surface area contributed by atoms with Gasteiger partial charge in [0, 0.05) is 64.8 Å². The number of aliphatic hydroxyl groups excluding tert-OH is 1. The van der Waals surface area contributed by atoms with Gasteiger partial charge >= 0.3 is 24.3 Å². The van der Waals surface area contributed by atoms with Gasteiger partial charge < -0.3 is 50.2 Å². The molecule has 0 bridgehead atoms. The van der Waals surface area contributed by atoms with E-state index in [-0.39, 0.29) is 45.4 Å². The first-order valence-corrected chi connectivity index (χ1v) is 32.0. The van der Waals surface area contributed by atoms with Gasteiger partial charge in [0.15, 0.2) is 23.3 Å². The first kappa shape index (κ1) is 73.9. The first-order valence-electron chi connectivity index (χ1n) is 25.2. The minimum Gasteiger partial charge on any atom is -0.447 e. The van der Waals surface area contributed by atoms with E-state index in [1.165, 1.54) is 59.8 Å². The molecule has 0 saturated carbocycles. The SMILES string of the molecule is C.CC(C)(C)OC(=O)NCCOP(C)(=O)C(C(=O)N/C=C/c1ccc(F)c(F)c1)c1csc2ccc(Cl)cc12.CC(C)OC(=O)NCCO.CP(=O)(OCCNC(=O)C(F)(F)F)C(C(=O)N/C=C/c1ccc(F)c(F)c1)c1csc2ccc(Cl)cc12. The highest BCUT2D eigenvalue weighted by atomic mass is 35.5. The maximum absolute atomic E-state index is 13.8. The second kappa shape index (κ2) is 33.7. The lowest BCUT2D eigenvalue weighted by Gasteiger charge is -2.24. The molecule has 0 radical (unpaired) electrons. The van der Waals surface area contributed by atoms with Crippen molar-refractivity contribution in [2.45, 2.75) is 71.2 Å². The van der Waals surface area contributed by atoms with E-state index in [1.54, 1.807) is 87.1 Å². The largest absolute Gasteiger partial charge is 0.471 e. The second-order valence-electron chi connectivity index (χ2n) is 19.3. The van der Waals surface area contributed by atoms with Crippen molar-refractivity contribution < 1.29 is 87.5 Å². The summed E-state index contributed by atoms with van der Waals surface area (Å²) in [6.45, 7) is 10.1. The highest BCUT2D eigenvalue weighted by molar-refractivity contribution is 7.60. The molecule has 0 aliphatic carbocycles. The molecule has 0 spiro atoms. The van der Waals surface area contributed by atoms with E-state index >= 15 is 0 Å². The number of carbonyl (C=O) groups is 5. The Labute approximate surface area is 509 Å². The lowest BCUT2D eigenvalue weighted by molar-refractivity contribution is -0.173. The number of fused-ring (bicyclic) bond motifs is 2. The summed E-state index contributed by atoms with van der Waals surface area (Å²) in [5.74, 6) is -7.74. The number of thiophene rings is 2. The average Bonchev–Trinajstić information content (AvgIpc) is 2.24. The lowest BCUT2D eigenvalue weighted by atomic mass is 10.1. The van der Waals surface area contributed by atoms with Gasteiger partial charge in [0.25, 0.3) is 0 Å². The van der Waals surface area contributed by atoms with E-state index in [9.17, 15) is 63.8 Å². The number of alkyl carbamates (subject to hydrolysis) is 2. The fourth-order valence-electron chi connectivity index (χ4n) is 7.26. The highest BCUT2D eigenvalue weighted by Crippen LogP contribution is 2.60. The van der Waals surface area contributed by atoms with Crippen molar-refractivity contribution in [2.24, 2.45) is 0 Å². The maximum Gasteiger partial charge on any atom is 0.471 e. The van der Waals surface area contributed by atoms with Crippen LogP contribution < -0.4 is 26.6 Å². The molecule has 86 heavy (non-hydrogen) atoms. The third-order valence-electron chi connectivity index (χ3n) is 10.9. The Hall–Kier alpha value is -6.34. The van der Waals surface area contributed by atoms with Crippen molar-refractivity contribution in [1.82, 2.24) is 26.6 Å². The number of hydrogen-bond donors (Lipinski definition) is 6. The molecule has 470 valence electrons. The Balaban J connectivity index is 0.000000384. The topological polar surface area (TPSA) is 237 Å². The molecule has 6 aromatic rings. The summed E-state index contributed by atoms with van der Waals surface area (Å²) in [4.78, 5) is 60.0. The van der Waals surface area contributed by atoms with Gasteiger partial charge in [0.05, 0.1) is 25.9 Å². The number of halogens is 9. The summed E-state index contributed by atoms with van der Waals surface area (Å²) in [7, 11) is -7.60. The molecule has 17 nitrogen and oxygen atoms in total. The standard InChI is InChI=1S/C26H28ClF2N2O5PS.C23H19ClF5N2O4PS.C6H13NO3.CH4/c1-26(2,3)36-25(33)31-11-12-35-37(4,34)23(19-15-38-22-8-6-17(27)14-18(19)22)24(32)30-10-9-16-5-7-20(28)21(29)13-16;1-36(34,35-9-8-31-22(33)23(27,28)29)20(16-12-37-19-5-3-14(24)11-15(16)19)21(32)30-7-6-13-2-4-17(25)18(26)10-13;1-5(2)10-6(9)7-3-4-8;/h5-10,13-15,23H,11-12H2,1-4H3,(H,30,32)(H,31,33);2-7,10-12,20H,8-9H2,1H3,(H,30,32)(H,31,33);5,8H,3-4H2,1-2H3,(H,7,9);1H4/b10-9+;7-6+;;. The number of ether oxygens (including phenoxy) is 2. The van der Waals surface area contributed by atoms with E-state index in [0.29, 0.717) is 37.5 Å². The van der Waals surface area contributed by atoms with Gasteiger partial charge in [0.2, 0.25) is 26.6 Å². The molecule has 2 heterocycles. The van der Waals surface area contributed by atoms with Crippen LogP contribution in [0.1, 0.15) is 75.6 Å². The van der Waals surface area contributed by atoms with Crippen LogP contribution in [0.2, 0.25) is 10.0 Å². The molecular formula is C56H64Cl2F7N5O12P2S2. The smallest absolute Gasteiger partial charge is 0.447 e. The average molecular weight is 1330 g/mol. The number of rotatable bonds is 21. The number of aliphatic hydroxyl groups is 1. The van der Waals surface area contributed by atoms with Crippen LogP contribution in [0.4, 0.5) is 40.3 Å². The number of alkyl halides is 3. The van der Waals surface area contributed by atoms with Crippen LogP contribution >= 0.6 is 60.6 Å². The number of hydrogen-bond acceptors (Lipinski definition) is 14. The van der Waals surface area contributed by atoms with Crippen LogP contribution in [0.5, 0.6) is 0 Å². The predicted octanol–water partition coefficient (Wildman–Crippen LogP) is 14.1. The Morgan fingerprint density at radius 1 is 0.628 bits per heavy atom. The molecule has 0 aliphatic rings. The summed E-state index contributed by atoms with van der Waals surface area (Å²) < 4.78 is 140. The predicted molar refractivity (Wildman–Crippen MR) is 322 cm³/mol. The molecular weight excluding hydrogens is 1260 g/mol. The van der Waals surface area contributed by atoms with Crippen LogP contribution in [0, 0.1) is 23.3 Å². The number of benzene rings is 4. The van der Waals surface area contributed by atoms with E-state index in [4.69, 9.17) is 46.8 Å². The third-order valence-corrected chi connectivity index (χ3v) is 17.6. The Morgan fingerprint density at radius 3 is 1.43 bits per heavy atom. The molecule has 5 amide bonds. The van der Waals surface area contributed by atoms with Gasteiger partial charge in [-0.2, -0.15) is 13.2 Å². The normalized spacial score (nSPS) is 13.7. The van der Waals surface area contributed by atoms with Gasteiger partial charge in [-0.15, -0.1) is 22.7 Å². The van der Waals surface area contributed by atoms with E-state index in [0.717, 1.165) is 46.5 Å². The van der Waals surface area contributed by atoms with Crippen molar-refractivity contribution in [1.29, 1.82) is 0 Å². The van der Waals surface area contributed by atoms with Gasteiger partial charge in [-0.1, -0.05) is 42.8 Å². The zero-order valence-electron chi connectivity index (χ0n) is 46.4. The van der Waals surface area contributed by atoms with Crippen LogP contribution in [0.15, 0.2) is 96.0 Å². The molecule has 4 atom stereocenters. The van der Waals surface area contributed by atoms with E-state index in [1.807, 2.05) is 0 Å². The van der Waals surface area contributed by atoms with E-state index in [2.05, 4.69) is 21.3 Å². The summed E-state index contributed by atoms with van der Waals surface area (Å²) in [5, 5.41) is 25.1. The van der Waals surface area contributed by atoms with Gasteiger partial charge in [-0.3, -0.25) is 23.5 Å². The van der Waals surface area contributed by atoms with Gasteiger partial charge in [-0.25, -0.2) is 27.2 Å². The van der Waals surface area contributed by atoms with Crippen molar-refractivity contribution in [2.75, 3.05) is 52.8 Å². The van der Waals surface area contributed by atoms with Crippen LogP contribution in [-0.2, 0) is 42.0 Å².